The van der Waals surface area contributed by atoms with Crippen molar-refractivity contribution >= 4 is 5.57 Å². The Labute approximate surface area is 121 Å². The van der Waals surface area contributed by atoms with Crippen LogP contribution in [-0.4, -0.2) is 31.5 Å². The number of rotatable bonds is 5. The average molecular weight is 276 g/mol. The van der Waals surface area contributed by atoms with E-state index in [0.29, 0.717) is 13.2 Å². The standard InChI is InChI=1S/C17H24O3/c1-17(2)11-13(10-14(18)12-17)15-6-4-5-7-16(15)20-9-8-19-3/h4-7,10,14,18H,8-9,11-12H2,1-3H3. The van der Waals surface area contributed by atoms with Crippen molar-refractivity contribution in [1.82, 2.24) is 0 Å². The van der Waals surface area contributed by atoms with E-state index < -0.39 is 0 Å². The summed E-state index contributed by atoms with van der Waals surface area (Å²) in [6.07, 6.45) is 3.35. The van der Waals surface area contributed by atoms with Crippen molar-refractivity contribution in [3.8, 4) is 5.75 Å². The summed E-state index contributed by atoms with van der Waals surface area (Å²) < 4.78 is 10.8. The number of ether oxygens (including phenoxy) is 2. The van der Waals surface area contributed by atoms with E-state index in [1.165, 1.54) is 5.57 Å². The summed E-state index contributed by atoms with van der Waals surface area (Å²) in [4.78, 5) is 0. The van der Waals surface area contributed by atoms with Crippen LogP contribution < -0.4 is 4.74 Å². The van der Waals surface area contributed by atoms with Gasteiger partial charge in [0.2, 0.25) is 0 Å². The summed E-state index contributed by atoms with van der Waals surface area (Å²) in [5.41, 5.74) is 2.36. The molecule has 1 N–H and O–H groups in total. The van der Waals surface area contributed by atoms with Crippen molar-refractivity contribution in [3.63, 3.8) is 0 Å². The van der Waals surface area contributed by atoms with Gasteiger partial charge in [0.25, 0.3) is 0 Å². The van der Waals surface area contributed by atoms with Gasteiger partial charge in [-0.2, -0.15) is 0 Å². The third kappa shape index (κ3) is 3.84. The van der Waals surface area contributed by atoms with Crippen LogP contribution in [0.5, 0.6) is 5.75 Å². The molecular weight excluding hydrogens is 252 g/mol. The molecule has 0 spiro atoms. The van der Waals surface area contributed by atoms with Gasteiger partial charge in [0.05, 0.1) is 12.7 Å². The topological polar surface area (TPSA) is 38.7 Å². The third-order valence-electron chi connectivity index (χ3n) is 3.60. The second-order valence-corrected chi connectivity index (χ2v) is 6.14. The zero-order valence-electron chi connectivity index (χ0n) is 12.6. The van der Waals surface area contributed by atoms with E-state index in [4.69, 9.17) is 9.47 Å². The summed E-state index contributed by atoms with van der Waals surface area (Å²) in [7, 11) is 1.66. The molecule has 1 aliphatic carbocycles. The van der Waals surface area contributed by atoms with Crippen molar-refractivity contribution < 1.29 is 14.6 Å². The molecule has 0 aliphatic heterocycles. The molecule has 0 aromatic heterocycles. The van der Waals surface area contributed by atoms with Crippen molar-refractivity contribution in [2.75, 3.05) is 20.3 Å². The monoisotopic (exact) mass is 276 g/mol. The highest BCUT2D eigenvalue weighted by atomic mass is 16.5. The average Bonchev–Trinajstić information content (AvgIpc) is 2.37. The molecule has 1 unspecified atom stereocenters. The molecule has 0 heterocycles. The molecular formula is C17H24O3. The number of methoxy groups -OCH3 is 1. The number of allylic oxidation sites excluding steroid dienone is 1. The molecule has 1 aromatic rings. The van der Waals surface area contributed by atoms with Gasteiger partial charge in [-0.3, -0.25) is 0 Å². The van der Waals surface area contributed by atoms with Gasteiger partial charge in [-0.1, -0.05) is 38.1 Å². The molecule has 0 radical (unpaired) electrons. The van der Waals surface area contributed by atoms with Crippen LogP contribution in [-0.2, 0) is 4.74 Å². The Balaban J connectivity index is 2.23. The summed E-state index contributed by atoms with van der Waals surface area (Å²) in [5, 5.41) is 10.0. The molecule has 1 aliphatic rings. The molecule has 1 atom stereocenters. The van der Waals surface area contributed by atoms with Crippen molar-refractivity contribution in [2.24, 2.45) is 5.41 Å². The minimum atomic E-state index is -0.374. The lowest BCUT2D eigenvalue weighted by Gasteiger charge is -2.33. The van der Waals surface area contributed by atoms with Crippen LogP contribution in [0.25, 0.3) is 5.57 Å². The van der Waals surface area contributed by atoms with Gasteiger partial charge in [0.15, 0.2) is 0 Å². The van der Waals surface area contributed by atoms with Crippen LogP contribution in [0.1, 0.15) is 32.3 Å². The van der Waals surface area contributed by atoms with Crippen molar-refractivity contribution in [3.05, 3.63) is 35.9 Å². The highest BCUT2D eigenvalue weighted by Gasteiger charge is 2.29. The van der Waals surface area contributed by atoms with Crippen LogP contribution in [0, 0.1) is 5.41 Å². The molecule has 1 aromatic carbocycles. The first-order valence-electron chi connectivity index (χ1n) is 7.12. The molecule has 0 amide bonds. The minimum absolute atomic E-state index is 0.114. The first-order valence-corrected chi connectivity index (χ1v) is 7.12. The molecule has 3 heteroatoms. The van der Waals surface area contributed by atoms with Crippen molar-refractivity contribution in [2.45, 2.75) is 32.8 Å². The Hall–Kier alpha value is -1.32. The van der Waals surface area contributed by atoms with E-state index in [0.717, 1.165) is 24.2 Å². The zero-order chi connectivity index (χ0) is 14.6. The molecule has 0 saturated carbocycles. The van der Waals surface area contributed by atoms with Gasteiger partial charge < -0.3 is 14.6 Å². The number of aliphatic hydroxyl groups is 1. The van der Waals surface area contributed by atoms with E-state index in [-0.39, 0.29) is 11.5 Å². The van der Waals surface area contributed by atoms with Crippen LogP contribution >= 0.6 is 0 Å². The molecule has 110 valence electrons. The Morgan fingerprint density at radius 1 is 1.25 bits per heavy atom. The van der Waals surface area contributed by atoms with Gasteiger partial charge in [-0.05, 0) is 29.9 Å². The SMILES string of the molecule is COCCOc1ccccc1C1=CC(O)CC(C)(C)C1. The Bertz CT molecular complexity index is 477. The lowest BCUT2D eigenvalue weighted by molar-refractivity contribution is 0.143. The normalized spacial score (nSPS) is 21.4. The van der Waals surface area contributed by atoms with E-state index in [1.807, 2.05) is 24.3 Å². The van der Waals surface area contributed by atoms with Gasteiger partial charge in [0.1, 0.15) is 12.4 Å². The number of hydrogen-bond acceptors (Lipinski definition) is 3. The molecule has 0 saturated heterocycles. The Morgan fingerprint density at radius 2 is 2.00 bits per heavy atom. The van der Waals surface area contributed by atoms with E-state index in [1.54, 1.807) is 7.11 Å². The Morgan fingerprint density at radius 3 is 2.70 bits per heavy atom. The smallest absolute Gasteiger partial charge is 0.126 e. The minimum Gasteiger partial charge on any atom is -0.491 e. The largest absolute Gasteiger partial charge is 0.491 e. The van der Waals surface area contributed by atoms with E-state index in [9.17, 15) is 5.11 Å². The van der Waals surface area contributed by atoms with Crippen LogP contribution in [0.15, 0.2) is 30.3 Å². The summed E-state index contributed by atoms with van der Waals surface area (Å²) in [6.45, 7) is 5.49. The van der Waals surface area contributed by atoms with Gasteiger partial charge in [-0.25, -0.2) is 0 Å². The fourth-order valence-corrected chi connectivity index (χ4v) is 2.78. The summed E-state index contributed by atoms with van der Waals surface area (Å²) >= 11 is 0. The molecule has 20 heavy (non-hydrogen) atoms. The number of benzene rings is 1. The van der Waals surface area contributed by atoms with Gasteiger partial charge >= 0.3 is 0 Å². The number of para-hydroxylation sites is 1. The van der Waals surface area contributed by atoms with Gasteiger partial charge in [0, 0.05) is 12.7 Å². The van der Waals surface area contributed by atoms with E-state index >= 15 is 0 Å². The second-order valence-electron chi connectivity index (χ2n) is 6.14. The fraction of sp³-hybridized carbons (Fsp3) is 0.529. The fourth-order valence-electron chi connectivity index (χ4n) is 2.78. The molecule has 2 rings (SSSR count). The Kier molecular flexibility index (Phi) is 4.84. The first-order chi connectivity index (χ1) is 9.52. The highest BCUT2D eigenvalue weighted by Crippen LogP contribution is 2.41. The van der Waals surface area contributed by atoms with Crippen LogP contribution in [0.2, 0.25) is 0 Å². The maximum absolute atomic E-state index is 10.0. The predicted molar refractivity (Wildman–Crippen MR) is 80.8 cm³/mol. The van der Waals surface area contributed by atoms with Crippen molar-refractivity contribution in [1.29, 1.82) is 0 Å². The maximum atomic E-state index is 10.0. The zero-order valence-corrected chi connectivity index (χ0v) is 12.6. The number of aliphatic hydroxyl groups excluding tert-OH is 1. The molecule has 3 nitrogen and oxygen atoms in total. The highest BCUT2D eigenvalue weighted by molar-refractivity contribution is 5.72. The summed E-state index contributed by atoms with van der Waals surface area (Å²) in [5.74, 6) is 0.862. The number of hydrogen-bond donors (Lipinski definition) is 1. The van der Waals surface area contributed by atoms with E-state index in [2.05, 4.69) is 19.9 Å². The molecule has 0 bridgehead atoms. The third-order valence-corrected chi connectivity index (χ3v) is 3.60. The van der Waals surface area contributed by atoms with Gasteiger partial charge in [-0.15, -0.1) is 0 Å². The molecule has 0 fully saturated rings. The lowest BCUT2D eigenvalue weighted by atomic mass is 9.74. The maximum Gasteiger partial charge on any atom is 0.126 e. The first kappa shape index (κ1) is 15.1. The lowest BCUT2D eigenvalue weighted by Crippen LogP contribution is -2.24. The van der Waals surface area contributed by atoms with Crippen LogP contribution in [0.4, 0.5) is 0 Å². The van der Waals surface area contributed by atoms with Crippen LogP contribution in [0.3, 0.4) is 0 Å². The summed E-state index contributed by atoms with van der Waals surface area (Å²) in [6, 6.07) is 8.01. The predicted octanol–water partition coefficient (Wildman–Crippen LogP) is 3.28. The second kappa shape index (κ2) is 6.42. The quantitative estimate of drug-likeness (QED) is 0.839.